The fourth-order valence-corrected chi connectivity index (χ4v) is 3.55. The number of phenolic OH excluding ortho intramolecular Hbond substituents is 1. The number of aryl methyl sites for hydroxylation is 2. The molecule has 1 amide bonds. The highest BCUT2D eigenvalue weighted by Crippen LogP contribution is 2.36. The van der Waals surface area contributed by atoms with Gasteiger partial charge in [-0.1, -0.05) is 31.2 Å². The zero-order valence-electron chi connectivity index (χ0n) is 18.2. The highest BCUT2D eigenvalue weighted by Gasteiger charge is 2.16. The zero-order chi connectivity index (χ0) is 23.4. The normalized spacial score (nSPS) is 10.7. The average Bonchev–Trinajstić information content (AvgIpc) is 3.23. The van der Waals surface area contributed by atoms with E-state index in [2.05, 4.69) is 22.5 Å². The van der Waals surface area contributed by atoms with Gasteiger partial charge in [-0.2, -0.15) is 0 Å². The Bertz CT molecular complexity index is 1320. The molecule has 0 spiro atoms. The van der Waals surface area contributed by atoms with Crippen molar-refractivity contribution in [1.82, 2.24) is 10.3 Å². The van der Waals surface area contributed by atoms with Crippen LogP contribution in [0.15, 0.2) is 65.1 Å². The van der Waals surface area contributed by atoms with E-state index in [4.69, 9.17) is 21.4 Å². The quantitative estimate of drug-likeness (QED) is 0.276. The van der Waals surface area contributed by atoms with Crippen molar-refractivity contribution in [1.29, 1.82) is 0 Å². The van der Waals surface area contributed by atoms with Gasteiger partial charge in [0.2, 0.25) is 5.89 Å². The Morgan fingerprint density at radius 3 is 2.70 bits per heavy atom. The van der Waals surface area contributed by atoms with Gasteiger partial charge in [0.05, 0.1) is 5.56 Å². The van der Waals surface area contributed by atoms with Crippen molar-refractivity contribution in [3.05, 3.63) is 71.8 Å². The number of hydrogen-bond acceptors (Lipinski definition) is 6. The molecule has 0 aliphatic heterocycles. The summed E-state index contributed by atoms with van der Waals surface area (Å²) in [6, 6.07) is 18.3. The number of fused-ring (bicyclic) bond motifs is 1. The molecule has 0 bridgehead atoms. The molecule has 0 aliphatic rings. The molecule has 1 aromatic heterocycles. The predicted octanol–water partition coefficient (Wildman–Crippen LogP) is 4.96. The molecule has 0 atom stereocenters. The van der Waals surface area contributed by atoms with E-state index in [0.29, 0.717) is 34.0 Å². The number of nitrogens with one attached hydrogen (secondary N) is 2. The Morgan fingerprint density at radius 2 is 1.94 bits per heavy atom. The monoisotopic (exact) mass is 461 g/mol. The minimum Gasteiger partial charge on any atom is -0.507 e. The van der Waals surface area contributed by atoms with Crippen LogP contribution in [-0.4, -0.2) is 27.7 Å². The summed E-state index contributed by atoms with van der Waals surface area (Å²) < 4.78 is 11.3. The second kappa shape index (κ2) is 9.70. The number of oxazole rings is 1. The molecule has 0 saturated carbocycles. The number of benzene rings is 3. The number of ether oxygens (including phenoxy) is 1. The Morgan fingerprint density at radius 1 is 1.15 bits per heavy atom. The molecule has 0 saturated heterocycles. The summed E-state index contributed by atoms with van der Waals surface area (Å²) in [5, 5.41) is 16.3. The van der Waals surface area contributed by atoms with E-state index >= 15 is 0 Å². The van der Waals surface area contributed by atoms with Crippen molar-refractivity contribution in [2.45, 2.75) is 20.3 Å². The van der Waals surface area contributed by atoms with Crippen LogP contribution in [0, 0.1) is 6.92 Å². The summed E-state index contributed by atoms with van der Waals surface area (Å²) >= 11 is 5.26. The first-order valence-corrected chi connectivity index (χ1v) is 10.9. The topological polar surface area (TPSA) is 96.6 Å². The SMILES string of the molecule is CCc1ccc2oc(-c3cc(NC(=S)NC(=O)COc4ccccc4)cc(C)c3O)nc2c1. The number of anilines is 1. The number of rotatable bonds is 6. The maximum atomic E-state index is 12.1. The smallest absolute Gasteiger partial charge is 0.264 e. The molecule has 33 heavy (non-hydrogen) atoms. The van der Waals surface area contributed by atoms with Gasteiger partial charge in [0.1, 0.15) is 17.0 Å². The summed E-state index contributed by atoms with van der Waals surface area (Å²) in [7, 11) is 0. The van der Waals surface area contributed by atoms with Crippen LogP contribution in [0.3, 0.4) is 0 Å². The van der Waals surface area contributed by atoms with E-state index in [9.17, 15) is 9.90 Å². The highest BCUT2D eigenvalue weighted by molar-refractivity contribution is 7.80. The molecule has 1 heterocycles. The first-order valence-electron chi connectivity index (χ1n) is 10.4. The van der Waals surface area contributed by atoms with Gasteiger partial charge in [-0.05, 0) is 73.1 Å². The largest absolute Gasteiger partial charge is 0.507 e. The lowest BCUT2D eigenvalue weighted by Crippen LogP contribution is -2.37. The predicted molar refractivity (Wildman–Crippen MR) is 132 cm³/mol. The van der Waals surface area contributed by atoms with E-state index in [1.165, 1.54) is 0 Å². The molecule has 168 valence electrons. The van der Waals surface area contributed by atoms with Gasteiger partial charge in [0, 0.05) is 5.69 Å². The zero-order valence-corrected chi connectivity index (χ0v) is 19.0. The average molecular weight is 462 g/mol. The number of aromatic hydroxyl groups is 1. The van der Waals surface area contributed by atoms with Crippen LogP contribution in [0.1, 0.15) is 18.1 Å². The molecule has 4 rings (SSSR count). The first kappa shape index (κ1) is 22.3. The van der Waals surface area contributed by atoms with Crippen LogP contribution < -0.4 is 15.4 Å². The van der Waals surface area contributed by atoms with E-state index < -0.39 is 5.91 Å². The Labute approximate surface area is 196 Å². The highest BCUT2D eigenvalue weighted by atomic mass is 32.1. The van der Waals surface area contributed by atoms with Crippen molar-refractivity contribution in [2.24, 2.45) is 0 Å². The lowest BCUT2D eigenvalue weighted by molar-refractivity contribution is -0.121. The van der Waals surface area contributed by atoms with Crippen molar-refractivity contribution in [3.8, 4) is 23.0 Å². The number of carbonyl (C=O) groups is 1. The van der Waals surface area contributed by atoms with Gasteiger partial charge in [0.15, 0.2) is 17.3 Å². The Balaban J connectivity index is 1.47. The summed E-state index contributed by atoms with van der Waals surface area (Å²) in [4.78, 5) is 16.7. The third-order valence-corrected chi connectivity index (χ3v) is 5.22. The molecule has 0 unspecified atom stereocenters. The molecular formula is C25H23N3O4S. The number of phenols is 1. The molecule has 0 radical (unpaired) electrons. The van der Waals surface area contributed by atoms with Gasteiger partial charge in [-0.25, -0.2) is 4.98 Å². The van der Waals surface area contributed by atoms with Crippen LogP contribution in [0.25, 0.3) is 22.6 Å². The molecular weight excluding hydrogens is 438 g/mol. The maximum Gasteiger partial charge on any atom is 0.264 e. The number of amides is 1. The van der Waals surface area contributed by atoms with E-state index in [0.717, 1.165) is 17.5 Å². The lowest BCUT2D eigenvalue weighted by atomic mass is 10.1. The van der Waals surface area contributed by atoms with Crippen molar-refractivity contribution < 1.29 is 19.1 Å². The molecule has 0 aliphatic carbocycles. The van der Waals surface area contributed by atoms with Gasteiger partial charge in [-0.15, -0.1) is 0 Å². The number of carbonyl (C=O) groups excluding carboxylic acids is 1. The fraction of sp³-hybridized carbons (Fsp3) is 0.160. The summed E-state index contributed by atoms with van der Waals surface area (Å²) in [6.07, 6.45) is 0.890. The number of hydrogen-bond donors (Lipinski definition) is 3. The van der Waals surface area contributed by atoms with Crippen LogP contribution in [0.5, 0.6) is 11.5 Å². The van der Waals surface area contributed by atoms with Crippen LogP contribution >= 0.6 is 12.2 Å². The minimum absolute atomic E-state index is 0.0639. The molecule has 8 heteroatoms. The molecule has 3 aromatic carbocycles. The number of thiocarbonyl (C=S) groups is 1. The standard InChI is InChI=1S/C25H23N3O4S/c1-3-16-9-10-21-20(12-16)27-24(32-21)19-13-17(11-15(2)23(19)30)26-25(33)28-22(29)14-31-18-7-5-4-6-8-18/h4-13,30H,3,14H2,1-2H3,(H2,26,28,29,33). The van der Waals surface area contributed by atoms with Gasteiger partial charge >= 0.3 is 0 Å². The summed E-state index contributed by atoms with van der Waals surface area (Å²) in [5.74, 6) is 0.565. The Hall–Kier alpha value is -3.91. The number of aromatic nitrogens is 1. The fourth-order valence-electron chi connectivity index (χ4n) is 3.31. The van der Waals surface area contributed by atoms with Gasteiger partial charge < -0.3 is 19.6 Å². The molecule has 4 aromatic rings. The molecule has 7 nitrogen and oxygen atoms in total. The third kappa shape index (κ3) is 5.30. The van der Waals surface area contributed by atoms with E-state index in [1.54, 1.807) is 31.2 Å². The number of nitrogens with zero attached hydrogens (tertiary/aromatic N) is 1. The van der Waals surface area contributed by atoms with Crippen molar-refractivity contribution in [3.63, 3.8) is 0 Å². The van der Waals surface area contributed by atoms with E-state index in [1.807, 2.05) is 36.4 Å². The van der Waals surface area contributed by atoms with Crippen molar-refractivity contribution in [2.75, 3.05) is 11.9 Å². The lowest BCUT2D eigenvalue weighted by Gasteiger charge is -2.13. The van der Waals surface area contributed by atoms with E-state index in [-0.39, 0.29) is 17.5 Å². The van der Waals surface area contributed by atoms with Gasteiger partial charge in [-0.3, -0.25) is 10.1 Å². The molecule has 3 N–H and O–H groups in total. The summed E-state index contributed by atoms with van der Waals surface area (Å²) in [5.41, 5.74) is 4.11. The third-order valence-electron chi connectivity index (χ3n) is 5.02. The van der Waals surface area contributed by atoms with Crippen molar-refractivity contribution >= 4 is 40.0 Å². The van der Waals surface area contributed by atoms with Crippen LogP contribution in [0.4, 0.5) is 5.69 Å². The van der Waals surface area contributed by atoms with Crippen LogP contribution in [0.2, 0.25) is 0 Å². The minimum atomic E-state index is -0.391. The van der Waals surface area contributed by atoms with Crippen LogP contribution in [-0.2, 0) is 11.2 Å². The summed E-state index contributed by atoms with van der Waals surface area (Å²) in [6.45, 7) is 3.66. The second-order valence-corrected chi connectivity index (χ2v) is 7.88. The Kier molecular flexibility index (Phi) is 6.55. The second-order valence-electron chi connectivity index (χ2n) is 7.47. The first-order chi connectivity index (χ1) is 15.9. The maximum absolute atomic E-state index is 12.1. The molecule has 0 fully saturated rings. The number of para-hydroxylation sites is 1. The van der Waals surface area contributed by atoms with Gasteiger partial charge in [0.25, 0.3) is 5.91 Å².